The fourth-order valence-electron chi connectivity index (χ4n) is 4.07. The van der Waals surface area contributed by atoms with E-state index in [0.717, 1.165) is 36.2 Å². The third-order valence-corrected chi connectivity index (χ3v) is 5.84. The molecule has 0 spiro atoms. The van der Waals surface area contributed by atoms with Crippen molar-refractivity contribution < 1.29 is 0 Å². The quantitative estimate of drug-likeness (QED) is 0.667. The lowest BCUT2D eigenvalue weighted by molar-refractivity contribution is 0.534. The maximum absolute atomic E-state index is 5.85. The van der Waals surface area contributed by atoms with Gasteiger partial charge in [0.05, 0.1) is 5.71 Å². The molecular weight excluding hydrogens is 316 g/mol. The zero-order valence-corrected chi connectivity index (χ0v) is 15.6. The van der Waals surface area contributed by atoms with Crippen LogP contribution in [0.1, 0.15) is 49.3 Å². The van der Waals surface area contributed by atoms with E-state index in [4.69, 9.17) is 10.7 Å². The zero-order valence-electron chi connectivity index (χ0n) is 15.6. The van der Waals surface area contributed by atoms with Crippen molar-refractivity contribution in [1.29, 1.82) is 0 Å². The molecule has 0 fully saturated rings. The minimum Gasteiger partial charge on any atom is -0.399 e. The average molecular weight is 342 g/mol. The molecule has 2 atom stereocenters. The van der Waals surface area contributed by atoms with Gasteiger partial charge < -0.3 is 5.73 Å². The predicted octanol–water partition coefficient (Wildman–Crippen LogP) is 5.66. The van der Waals surface area contributed by atoms with Crippen LogP contribution in [-0.2, 0) is 6.42 Å². The summed E-state index contributed by atoms with van der Waals surface area (Å²) in [5.41, 5.74) is 14.5. The van der Waals surface area contributed by atoms with Crippen LogP contribution in [0.5, 0.6) is 0 Å². The van der Waals surface area contributed by atoms with Crippen LogP contribution < -0.4 is 5.73 Å². The summed E-state index contributed by atoms with van der Waals surface area (Å²) >= 11 is 0. The molecule has 1 aliphatic carbocycles. The van der Waals surface area contributed by atoms with E-state index < -0.39 is 0 Å². The second-order valence-corrected chi connectivity index (χ2v) is 7.56. The van der Waals surface area contributed by atoms with Crippen molar-refractivity contribution >= 4 is 11.4 Å². The smallest absolute Gasteiger partial charge is 0.0702 e. The fraction of sp³-hybridized carbons (Fsp3) is 0.292. The highest BCUT2D eigenvalue weighted by Gasteiger charge is 2.24. The Morgan fingerprint density at radius 3 is 2.58 bits per heavy atom. The number of aliphatic imine (C=N–C) groups is 1. The summed E-state index contributed by atoms with van der Waals surface area (Å²) in [5, 5.41) is 0. The number of allylic oxidation sites excluding steroid dienone is 4. The maximum Gasteiger partial charge on any atom is 0.0702 e. The van der Waals surface area contributed by atoms with Gasteiger partial charge in [-0.15, -0.1) is 0 Å². The van der Waals surface area contributed by atoms with Gasteiger partial charge in [0.1, 0.15) is 0 Å². The molecule has 0 amide bonds. The van der Waals surface area contributed by atoms with Crippen LogP contribution in [0.25, 0.3) is 0 Å². The van der Waals surface area contributed by atoms with Crippen LogP contribution in [0.2, 0.25) is 0 Å². The largest absolute Gasteiger partial charge is 0.399 e. The monoisotopic (exact) mass is 342 g/mol. The summed E-state index contributed by atoms with van der Waals surface area (Å²) in [6.45, 7) is 4.61. The highest BCUT2D eigenvalue weighted by atomic mass is 14.8. The highest BCUT2D eigenvalue weighted by molar-refractivity contribution is 6.09. The molecule has 2 aromatic rings. The van der Waals surface area contributed by atoms with Gasteiger partial charge >= 0.3 is 0 Å². The van der Waals surface area contributed by atoms with Crippen molar-refractivity contribution in [2.75, 3.05) is 5.73 Å². The van der Waals surface area contributed by atoms with E-state index in [1.54, 1.807) is 0 Å². The first-order chi connectivity index (χ1) is 12.6. The molecule has 0 saturated carbocycles. The Bertz CT molecular complexity index is 900. The summed E-state index contributed by atoms with van der Waals surface area (Å²) in [7, 11) is 0. The summed E-state index contributed by atoms with van der Waals surface area (Å²) in [4.78, 5) is 5.09. The van der Waals surface area contributed by atoms with Crippen LogP contribution >= 0.6 is 0 Å². The van der Waals surface area contributed by atoms with E-state index in [-0.39, 0.29) is 0 Å². The highest BCUT2D eigenvalue weighted by Crippen LogP contribution is 2.37. The molecule has 1 heterocycles. The number of nitrogens with zero attached hydrogens (tertiary/aromatic N) is 1. The fourth-order valence-corrected chi connectivity index (χ4v) is 4.07. The lowest BCUT2D eigenvalue weighted by atomic mass is 9.82. The first-order valence-electron chi connectivity index (χ1n) is 9.51. The lowest BCUT2D eigenvalue weighted by Gasteiger charge is -2.22. The van der Waals surface area contributed by atoms with Gasteiger partial charge in [0, 0.05) is 16.9 Å². The number of hydrogen-bond donors (Lipinski definition) is 1. The van der Waals surface area contributed by atoms with E-state index >= 15 is 0 Å². The van der Waals surface area contributed by atoms with Gasteiger partial charge in [-0.1, -0.05) is 55.0 Å². The Balaban J connectivity index is 1.79. The number of nitrogen functional groups attached to an aromatic ring is 1. The van der Waals surface area contributed by atoms with Gasteiger partial charge in [-0.05, 0) is 67.4 Å². The van der Waals surface area contributed by atoms with Gasteiger partial charge in [0.2, 0.25) is 0 Å². The summed E-state index contributed by atoms with van der Waals surface area (Å²) in [6.07, 6.45) is 7.75. The Labute approximate surface area is 156 Å². The molecule has 0 radical (unpaired) electrons. The maximum atomic E-state index is 5.85. The molecule has 2 aliphatic rings. The van der Waals surface area contributed by atoms with Crippen molar-refractivity contribution in [2.45, 2.75) is 39.0 Å². The Hall–Kier alpha value is -2.61. The summed E-state index contributed by atoms with van der Waals surface area (Å²) in [6, 6.07) is 17.0. The number of rotatable bonds is 1. The standard InChI is InChI=1S/C24H26N2/c1-16-7-8-18-5-3-4-6-22(18)17(2)20-11-14-23(26-24(16)15-20)19-9-12-21(25)13-10-19/h3-6,9-14,17,20H,7-8,15,25H2,1-2H3. The molecule has 132 valence electrons. The summed E-state index contributed by atoms with van der Waals surface area (Å²) in [5.74, 6) is 0.957. The Morgan fingerprint density at radius 2 is 1.77 bits per heavy atom. The predicted molar refractivity (Wildman–Crippen MR) is 111 cm³/mol. The van der Waals surface area contributed by atoms with Gasteiger partial charge in [-0.25, -0.2) is 0 Å². The number of anilines is 1. The molecule has 0 aromatic heterocycles. The molecule has 2 bridgehead atoms. The number of benzene rings is 2. The van der Waals surface area contributed by atoms with E-state index in [9.17, 15) is 0 Å². The van der Waals surface area contributed by atoms with Crippen molar-refractivity contribution in [1.82, 2.24) is 0 Å². The minimum atomic E-state index is 0.467. The molecule has 2 N–H and O–H groups in total. The van der Waals surface area contributed by atoms with Crippen molar-refractivity contribution in [2.24, 2.45) is 10.9 Å². The van der Waals surface area contributed by atoms with Gasteiger partial charge in [0.25, 0.3) is 0 Å². The average Bonchev–Trinajstić information content (AvgIpc) is 2.87. The second kappa shape index (κ2) is 6.95. The molecule has 2 unspecified atom stereocenters. The van der Waals surface area contributed by atoms with E-state index in [1.165, 1.54) is 22.4 Å². The normalized spacial score (nSPS) is 22.6. The molecule has 4 rings (SSSR count). The van der Waals surface area contributed by atoms with Crippen LogP contribution in [0, 0.1) is 5.92 Å². The molecule has 0 saturated heterocycles. The van der Waals surface area contributed by atoms with E-state index in [0.29, 0.717) is 11.8 Å². The molecule has 1 aliphatic heterocycles. The second-order valence-electron chi connectivity index (χ2n) is 7.56. The van der Waals surface area contributed by atoms with Gasteiger partial charge in [0.15, 0.2) is 0 Å². The first kappa shape index (κ1) is 16.8. The topological polar surface area (TPSA) is 38.4 Å². The summed E-state index contributed by atoms with van der Waals surface area (Å²) < 4.78 is 0. The van der Waals surface area contributed by atoms with Gasteiger partial charge in [-0.3, -0.25) is 4.99 Å². The first-order valence-corrected chi connectivity index (χ1v) is 9.51. The lowest BCUT2D eigenvalue weighted by Crippen LogP contribution is -2.09. The van der Waals surface area contributed by atoms with Gasteiger partial charge in [-0.2, -0.15) is 0 Å². The molecule has 2 aromatic carbocycles. The minimum absolute atomic E-state index is 0.467. The molecular formula is C24H26N2. The number of hydrogen-bond acceptors (Lipinski definition) is 2. The number of aryl methyl sites for hydroxylation is 1. The zero-order chi connectivity index (χ0) is 18.1. The van der Waals surface area contributed by atoms with Crippen molar-refractivity contribution in [3.05, 3.63) is 88.6 Å². The Kier molecular flexibility index (Phi) is 4.50. The van der Waals surface area contributed by atoms with Crippen LogP contribution in [0.15, 0.2) is 76.9 Å². The molecule has 2 nitrogen and oxygen atoms in total. The third kappa shape index (κ3) is 3.24. The molecule has 26 heavy (non-hydrogen) atoms. The van der Waals surface area contributed by atoms with Crippen molar-refractivity contribution in [3.63, 3.8) is 0 Å². The van der Waals surface area contributed by atoms with Crippen LogP contribution in [0.3, 0.4) is 0 Å². The van der Waals surface area contributed by atoms with Crippen LogP contribution in [-0.4, -0.2) is 5.71 Å². The van der Waals surface area contributed by atoms with E-state index in [1.807, 2.05) is 12.1 Å². The SMILES string of the molecule is CC1=C2CC(C=CC(c3ccc(N)cc3)=N2)C(C)c2ccccc2CC1. The number of fused-ring (bicyclic) bond motifs is 3. The number of nitrogens with two attached hydrogens (primary N) is 1. The third-order valence-electron chi connectivity index (χ3n) is 5.84. The van der Waals surface area contributed by atoms with Crippen LogP contribution in [0.4, 0.5) is 5.69 Å². The van der Waals surface area contributed by atoms with Crippen molar-refractivity contribution in [3.8, 4) is 0 Å². The Morgan fingerprint density at radius 1 is 1.00 bits per heavy atom. The van der Waals surface area contributed by atoms with E-state index in [2.05, 4.69) is 62.4 Å². The molecule has 2 heteroatoms.